The molecule has 1 aliphatic heterocycles. The largest absolute Gasteiger partial charge is 0.376 e. The summed E-state index contributed by atoms with van der Waals surface area (Å²) < 4.78 is 7.44. The Balaban J connectivity index is 0.00000242. The van der Waals surface area contributed by atoms with Crippen LogP contribution in [0.2, 0.25) is 0 Å². The van der Waals surface area contributed by atoms with Gasteiger partial charge in [0.25, 0.3) is 0 Å². The van der Waals surface area contributed by atoms with Crippen LogP contribution in [0.25, 0.3) is 0 Å². The second-order valence-corrected chi connectivity index (χ2v) is 5.41. The molecule has 6 nitrogen and oxygen atoms in total. The lowest BCUT2D eigenvalue weighted by molar-refractivity contribution is 0.117. The van der Waals surface area contributed by atoms with Crippen molar-refractivity contribution in [2.24, 2.45) is 12.0 Å². The van der Waals surface area contributed by atoms with Gasteiger partial charge in [0.05, 0.1) is 18.8 Å². The number of aromatic nitrogens is 2. The molecular weight excluding hydrogens is 393 g/mol. The quantitative estimate of drug-likeness (QED) is 0.305. The average molecular weight is 421 g/mol. The second kappa shape index (κ2) is 10.8. The number of halogens is 1. The van der Waals surface area contributed by atoms with Crippen molar-refractivity contribution in [2.45, 2.75) is 38.7 Å². The van der Waals surface area contributed by atoms with Crippen molar-refractivity contribution < 1.29 is 4.74 Å². The minimum absolute atomic E-state index is 0. The molecule has 1 atom stereocenters. The fourth-order valence-corrected chi connectivity index (χ4v) is 2.42. The van der Waals surface area contributed by atoms with Crippen molar-refractivity contribution in [3.8, 4) is 0 Å². The second-order valence-electron chi connectivity index (χ2n) is 5.41. The molecule has 1 aliphatic rings. The molecule has 1 unspecified atom stereocenters. The van der Waals surface area contributed by atoms with Crippen LogP contribution in [-0.2, 0) is 18.2 Å². The SMILES string of the molecule is CCNC(=NCC1CCCO1)NCCCc1cnn(C)c1.I. The van der Waals surface area contributed by atoms with E-state index in [1.54, 1.807) is 0 Å². The van der Waals surface area contributed by atoms with Gasteiger partial charge in [0, 0.05) is 32.9 Å². The summed E-state index contributed by atoms with van der Waals surface area (Å²) >= 11 is 0. The number of ether oxygens (including phenoxy) is 1. The maximum absolute atomic E-state index is 5.60. The van der Waals surface area contributed by atoms with Gasteiger partial charge in [0.2, 0.25) is 0 Å². The molecule has 7 heteroatoms. The lowest BCUT2D eigenvalue weighted by atomic mass is 10.2. The Kier molecular flexibility index (Phi) is 9.45. The average Bonchev–Trinajstić information content (AvgIpc) is 3.12. The highest BCUT2D eigenvalue weighted by Gasteiger charge is 2.14. The highest BCUT2D eigenvalue weighted by Crippen LogP contribution is 2.11. The van der Waals surface area contributed by atoms with Crippen molar-refractivity contribution in [3.05, 3.63) is 18.0 Å². The number of nitrogens with zero attached hydrogens (tertiary/aromatic N) is 3. The molecule has 0 radical (unpaired) electrons. The van der Waals surface area contributed by atoms with Crippen LogP contribution in [0.4, 0.5) is 0 Å². The third kappa shape index (κ3) is 6.95. The number of nitrogens with one attached hydrogen (secondary N) is 2. The molecule has 126 valence electrons. The van der Waals surface area contributed by atoms with Crippen molar-refractivity contribution in [1.29, 1.82) is 0 Å². The number of rotatable bonds is 7. The summed E-state index contributed by atoms with van der Waals surface area (Å²) in [5.74, 6) is 0.888. The molecule has 2 N–H and O–H groups in total. The third-order valence-corrected chi connectivity index (χ3v) is 3.51. The third-order valence-electron chi connectivity index (χ3n) is 3.51. The number of hydrogen-bond donors (Lipinski definition) is 2. The smallest absolute Gasteiger partial charge is 0.191 e. The van der Waals surface area contributed by atoms with Crippen LogP contribution < -0.4 is 10.6 Å². The Bertz CT molecular complexity index is 443. The van der Waals surface area contributed by atoms with Crippen molar-refractivity contribution in [3.63, 3.8) is 0 Å². The number of aryl methyl sites for hydroxylation is 2. The fourth-order valence-electron chi connectivity index (χ4n) is 2.42. The van der Waals surface area contributed by atoms with E-state index in [9.17, 15) is 0 Å². The highest BCUT2D eigenvalue weighted by molar-refractivity contribution is 14.0. The molecule has 1 saturated heterocycles. The van der Waals surface area contributed by atoms with E-state index in [2.05, 4.69) is 33.8 Å². The number of guanidine groups is 1. The molecule has 1 fully saturated rings. The first-order valence-corrected chi connectivity index (χ1v) is 7.89. The van der Waals surface area contributed by atoms with Crippen LogP contribution in [0.5, 0.6) is 0 Å². The van der Waals surface area contributed by atoms with Crippen molar-refractivity contribution in [2.75, 3.05) is 26.2 Å². The molecule has 22 heavy (non-hydrogen) atoms. The lowest BCUT2D eigenvalue weighted by Crippen LogP contribution is -2.38. The molecule has 1 aromatic heterocycles. The van der Waals surface area contributed by atoms with Gasteiger partial charge >= 0.3 is 0 Å². The first-order valence-electron chi connectivity index (χ1n) is 7.89. The maximum atomic E-state index is 5.60. The first-order chi connectivity index (χ1) is 10.3. The van der Waals surface area contributed by atoms with Crippen LogP contribution >= 0.6 is 24.0 Å². The van der Waals surface area contributed by atoms with Gasteiger partial charge in [-0.25, -0.2) is 0 Å². The lowest BCUT2D eigenvalue weighted by Gasteiger charge is -2.12. The maximum Gasteiger partial charge on any atom is 0.191 e. The summed E-state index contributed by atoms with van der Waals surface area (Å²) in [6.45, 7) is 5.50. The molecular formula is C15H28IN5O. The Morgan fingerprint density at radius 1 is 1.50 bits per heavy atom. The Morgan fingerprint density at radius 3 is 3.00 bits per heavy atom. The van der Waals surface area contributed by atoms with Crippen LogP contribution in [0, 0.1) is 0 Å². The monoisotopic (exact) mass is 421 g/mol. The molecule has 2 rings (SSSR count). The number of aliphatic imine (C=N–C) groups is 1. The van der Waals surface area contributed by atoms with Gasteiger partial charge in [0.15, 0.2) is 5.96 Å². The van der Waals surface area contributed by atoms with E-state index in [4.69, 9.17) is 4.74 Å². The molecule has 0 saturated carbocycles. The molecule has 2 heterocycles. The van der Waals surface area contributed by atoms with Crippen LogP contribution in [0.3, 0.4) is 0 Å². The van der Waals surface area contributed by atoms with Crippen LogP contribution in [0.15, 0.2) is 17.4 Å². The summed E-state index contributed by atoms with van der Waals surface area (Å²) in [4.78, 5) is 4.60. The van der Waals surface area contributed by atoms with Gasteiger partial charge < -0.3 is 15.4 Å². The van der Waals surface area contributed by atoms with Crippen molar-refractivity contribution in [1.82, 2.24) is 20.4 Å². The predicted molar refractivity (Wildman–Crippen MR) is 99.9 cm³/mol. The zero-order valence-corrected chi connectivity index (χ0v) is 15.9. The highest BCUT2D eigenvalue weighted by atomic mass is 127. The summed E-state index contributed by atoms with van der Waals surface area (Å²) in [5.41, 5.74) is 1.28. The van der Waals surface area contributed by atoms with Gasteiger partial charge in [-0.15, -0.1) is 24.0 Å². The molecule has 0 aliphatic carbocycles. The molecule has 0 spiro atoms. The van der Waals surface area contributed by atoms with E-state index in [-0.39, 0.29) is 24.0 Å². The normalized spacial score (nSPS) is 18.1. The van der Waals surface area contributed by atoms with Gasteiger partial charge in [0.1, 0.15) is 0 Å². The summed E-state index contributed by atoms with van der Waals surface area (Å²) in [6, 6.07) is 0. The van der Waals surface area contributed by atoms with Gasteiger partial charge in [-0.3, -0.25) is 9.67 Å². The van der Waals surface area contributed by atoms with Crippen LogP contribution in [0.1, 0.15) is 31.7 Å². The fraction of sp³-hybridized carbons (Fsp3) is 0.733. The summed E-state index contributed by atoms with van der Waals surface area (Å²) in [7, 11) is 1.95. The zero-order chi connectivity index (χ0) is 14.9. The zero-order valence-electron chi connectivity index (χ0n) is 13.5. The minimum atomic E-state index is 0. The molecule has 0 bridgehead atoms. The molecule has 1 aromatic rings. The number of hydrogen-bond acceptors (Lipinski definition) is 3. The van der Waals surface area contributed by atoms with E-state index < -0.39 is 0 Å². The van der Waals surface area contributed by atoms with Gasteiger partial charge in [-0.1, -0.05) is 0 Å². The Hall–Kier alpha value is -0.830. The van der Waals surface area contributed by atoms with Gasteiger partial charge in [-0.2, -0.15) is 5.10 Å². The van der Waals surface area contributed by atoms with E-state index in [0.29, 0.717) is 6.10 Å². The van der Waals surface area contributed by atoms with E-state index in [1.807, 2.05) is 17.9 Å². The first kappa shape index (κ1) is 19.2. The van der Waals surface area contributed by atoms with Crippen molar-refractivity contribution >= 4 is 29.9 Å². The Morgan fingerprint density at radius 2 is 2.36 bits per heavy atom. The van der Waals surface area contributed by atoms with Crippen LogP contribution in [-0.4, -0.2) is 48.1 Å². The molecule has 0 amide bonds. The Labute approximate surface area is 150 Å². The predicted octanol–water partition coefficient (Wildman–Crippen LogP) is 1.70. The van der Waals surface area contributed by atoms with Gasteiger partial charge in [-0.05, 0) is 38.2 Å². The topological polar surface area (TPSA) is 63.5 Å². The molecule has 0 aromatic carbocycles. The minimum Gasteiger partial charge on any atom is -0.376 e. The van der Waals surface area contributed by atoms with E-state index >= 15 is 0 Å². The standard InChI is InChI=1S/C15H27N5O.HI/c1-3-16-15(18-11-14-7-5-9-21-14)17-8-4-6-13-10-19-20(2)12-13;/h10,12,14H,3-9,11H2,1-2H3,(H2,16,17,18);1H. The summed E-state index contributed by atoms with van der Waals surface area (Å²) in [5, 5.41) is 10.8. The van der Waals surface area contributed by atoms with E-state index in [1.165, 1.54) is 5.56 Å². The summed E-state index contributed by atoms with van der Waals surface area (Å²) in [6.07, 6.45) is 8.69. The van der Waals surface area contributed by atoms with E-state index in [0.717, 1.165) is 57.9 Å².